The molecule has 0 bridgehead atoms. The van der Waals surface area contributed by atoms with Crippen LogP contribution in [0.15, 0.2) is 16.5 Å². The van der Waals surface area contributed by atoms with Crippen molar-refractivity contribution in [2.75, 3.05) is 13.7 Å². The molecule has 0 aromatic carbocycles. The lowest BCUT2D eigenvalue weighted by molar-refractivity contribution is -0.147. The molecule has 0 saturated carbocycles. The van der Waals surface area contributed by atoms with Gasteiger partial charge in [-0.05, 0) is 31.4 Å². The molecule has 0 radical (unpaired) electrons. The van der Waals surface area contributed by atoms with Crippen molar-refractivity contribution in [3.05, 3.63) is 23.7 Å². The van der Waals surface area contributed by atoms with Crippen LogP contribution in [0, 0.1) is 0 Å². The Balaban J connectivity index is 2.17. The number of rotatable bonds is 3. The van der Waals surface area contributed by atoms with Gasteiger partial charge in [-0.2, -0.15) is 0 Å². The lowest BCUT2D eigenvalue weighted by Crippen LogP contribution is -2.48. The third-order valence-corrected chi connectivity index (χ3v) is 3.46. The molecule has 0 unspecified atom stereocenters. The van der Waals surface area contributed by atoms with Crippen molar-refractivity contribution in [3.63, 3.8) is 0 Å². The maximum Gasteiger partial charge on any atom is 0.328 e. The lowest BCUT2D eigenvalue weighted by Gasteiger charge is -2.33. The van der Waals surface area contributed by atoms with E-state index < -0.39 is 6.04 Å². The van der Waals surface area contributed by atoms with Crippen LogP contribution in [0.5, 0.6) is 0 Å². The summed E-state index contributed by atoms with van der Waals surface area (Å²) in [6, 6.07) is 2.98. The Morgan fingerprint density at radius 1 is 1.42 bits per heavy atom. The topological polar surface area (TPSA) is 59.8 Å². The van der Waals surface area contributed by atoms with Crippen LogP contribution in [0.4, 0.5) is 0 Å². The maximum atomic E-state index is 12.4. The van der Waals surface area contributed by atoms with Gasteiger partial charge in [-0.25, -0.2) is 4.79 Å². The molecule has 2 rings (SSSR count). The summed E-state index contributed by atoms with van der Waals surface area (Å²) in [5.41, 5.74) is 0. The number of amides is 1. The van der Waals surface area contributed by atoms with Gasteiger partial charge in [0.2, 0.25) is 0 Å². The largest absolute Gasteiger partial charge is 0.467 e. The molecule has 1 aliphatic heterocycles. The fourth-order valence-corrected chi connectivity index (χ4v) is 2.38. The number of ether oxygens (including phenoxy) is 1. The molecule has 1 atom stereocenters. The second-order valence-corrected chi connectivity index (χ2v) is 4.65. The van der Waals surface area contributed by atoms with Gasteiger partial charge in [-0.3, -0.25) is 4.79 Å². The number of esters is 1. The van der Waals surface area contributed by atoms with E-state index in [2.05, 4.69) is 0 Å². The highest BCUT2D eigenvalue weighted by atomic mass is 16.5. The summed E-state index contributed by atoms with van der Waals surface area (Å²) >= 11 is 0. The number of furan rings is 1. The standard InChI is InChI=1S/C14H19NO4/c1-3-10-7-8-12(19-10)13(16)15-9-5-4-6-11(15)14(17)18-2/h7-8,11H,3-6,9H2,1-2H3/t11-/m1/s1. The molecular weight excluding hydrogens is 246 g/mol. The normalized spacial score (nSPS) is 19.3. The predicted octanol–water partition coefficient (Wildman–Crippen LogP) is 2.01. The van der Waals surface area contributed by atoms with Gasteiger partial charge in [0.1, 0.15) is 11.8 Å². The van der Waals surface area contributed by atoms with Crippen LogP contribution in [0.25, 0.3) is 0 Å². The van der Waals surface area contributed by atoms with Crippen molar-refractivity contribution in [2.45, 2.75) is 38.6 Å². The minimum Gasteiger partial charge on any atom is -0.467 e. The highest BCUT2D eigenvalue weighted by Crippen LogP contribution is 2.21. The minimum absolute atomic E-state index is 0.227. The summed E-state index contributed by atoms with van der Waals surface area (Å²) in [5.74, 6) is 0.493. The summed E-state index contributed by atoms with van der Waals surface area (Å²) in [5, 5.41) is 0. The third kappa shape index (κ3) is 2.80. The van der Waals surface area contributed by atoms with Crippen molar-refractivity contribution in [1.29, 1.82) is 0 Å². The molecule has 19 heavy (non-hydrogen) atoms. The fourth-order valence-electron chi connectivity index (χ4n) is 2.38. The smallest absolute Gasteiger partial charge is 0.328 e. The van der Waals surface area contributed by atoms with Gasteiger partial charge in [-0.1, -0.05) is 6.92 Å². The first-order valence-electron chi connectivity index (χ1n) is 6.65. The quantitative estimate of drug-likeness (QED) is 0.784. The molecule has 1 saturated heterocycles. The van der Waals surface area contributed by atoms with E-state index in [1.54, 1.807) is 17.0 Å². The number of nitrogens with zero attached hydrogens (tertiary/aromatic N) is 1. The number of aryl methyl sites for hydroxylation is 1. The van der Waals surface area contributed by atoms with Crippen molar-refractivity contribution in [3.8, 4) is 0 Å². The van der Waals surface area contributed by atoms with E-state index in [-0.39, 0.29) is 11.9 Å². The molecule has 1 aromatic heterocycles. The summed E-state index contributed by atoms with van der Waals surface area (Å²) < 4.78 is 10.2. The summed E-state index contributed by atoms with van der Waals surface area (Å²) in [6.07, 6.45) is 3.23. The van der Waals surface area contributed by atoms with E-state index in [4.69, 9.17) is 9.15 Å². The first kappa shape index (κ1) is 13.6. The van der Waals surface area contributed by atoms with Gasteiger partial charge >= 0.3 is 5.97 Å². The number of carbonyl (C=O) groups excluding carboxylic acids is 2. The Labute approximate surface area is 112 Å². The number of likely N-dealkylation sites (tertiary alicyclic amines) is 1. The predicted molar refractivity (Wildman–Crippen MR) is 68.8 cm³/mol. The van der Waals surface area contributed by atoms with E-state index in [0.717, 1.165) is 25.0 Å². The zero-order valence-corrected chi connectivity index (χ0v) is 11.3. The Morgan fingerprint density at radius 3 is 2.84 bits per heavy atom. The molecule has 104 valence electrons. The van der Waals surface area contributed by atoms with Crippen LogP contribution in [-0.2, 0) is 16.0 Å². The average Bonchev–Trinajstić information content (AvgIpc) is 2.94. The van der Waals surface area contributed by atoms with Crippen molar-refractivity contribution < 1.29 is 18.7 Å². The summed E-state index contributed by atoms with van der Waals surface area (Å²) in [4.78, 5) is 25.7. The Hall–Kier alpha value is -1.78. The van der Waals surface area contributed by atoms with Gasteiger partial charge < -0.3 is 14.1 Å². The molecule has 2 heterocycles. The van der Waals surface area contributed by atoms with Crippen LogP contribution >= 0.6 is 0 Å². The second-order valence-electron chi connectivity index (χ2n) is 4.65. The zero-order chi connectivity index (χ0) is 13.8. The van der Waals surface area contributed by atoms with Crippen molar-refractivity contribution in [1.82, 2.24) is 4.90 Å². The molecular formula is C14H19NO4. The number of carbonyl (C=O) groups is 2. The molecule has 0 spiro atoms. The highest BCUT2D eigenvalue weighted by Gasteiger charge is 2.34. The third-order valence-electron chi connectivity index (χ3n) is 3.46. The van der Waals surface area contributed by atoms with Gasteiger partial charge in [0.15, 0.2) is 5.76 Å². The SMILES string of the molecule is CCc1ccc(C(=O)N2CCCC[C@@H]2C(=O)OC)o1. The van der Waals surface area contributed by atoms with Crippen LogP contribution in [0.2, 0.25) is 0 Å². The van der Waals surface area contributed by atoms with E-state index in [1.807, 2.05) is 6.92 Å². The number of hydrogen-bond donors (Lipinski definition) is 0. The molecule has 1 fully saturated rings. The maximum absolute atomic E-state index is 12.4. The van der Waals surface area contributed by atoms with Gasteiger partial charge in [-0.15, -0.1) is 0 Å². The van der Waals surface area contributed by atoms with Gasteiger partial charge in [0.05, 0.1) is 7.11 Å². The molecule has 0 N–H and O–H groups in total. The zero-order valence-electron chi connectivity index (χ0n) is 11.3. The minimum atomic E-state index is -0.485. The highest BCUT2D eigenvalue weighted by molar-refractivity contribution is 5.94. The Bertz CT molecular complexity index is 466. The van der Waals surface area contributed by atoms with E-state index in [0.29, 0.717) is 18.7 Å². The lowest BCUT2D eigenvalue weighted by atomic mass is 10.0. The number of methoxy groups -OCH3 is 1. The molecule has 0 aliphatic carbocycles. The van der Waals surface area contributed by atoms with Crippen LogP contribution in [-0.4, -0.2) is 36.5 Å². The molecule has 5 heteroatoms. The average molecular weight is 265 g/mol. The van der Waals surface area contributed by atoms with Crippen LogP contribution in [0.1, 0.15) is 42.5 Å². The summed E-state index contributed by atoms with van der Waals surface area (Å²) in [6.45, 7) is 2.53. The first-order valence-corrected chi connectivity index (χ1v) is 6.65. The Kier molecular flexibility index (Phi) is 4.24. The molecule has 5 nitrogen and oxygen atoms in total. The first-order chi connectivity index (χ1) is 9.17. The van der Waals surface area contributed by atoms with Crippen LogP contribution in [0.3, 0.4) is 0 Å². The van der Waals surface area contributed by atoms with E-state index in [1.165, 1.54) is 7.11 Å². The van der Waals surface area contributed by atoms with Crippen LogP contribution < -0.4 is 0 Å². The monoisotopic (exact) mass is 265 g/mol. The molecule has 1 aliphatic rings. The van der Waals surface area contributed by atoms with Crippen molar-refractivity contribution in [2.24, 2.45) is 0 Å². The summed E-state index contributed by atoms with van der Waals surface area (Å²) in [7, 11) is 1.35. The van der Waals surface area contributed by atoms with Gasteiger partial charge in [0.25, 0.3) is 5.91 Å². The second kappa shape index (κ2) is 5.91. The van der Waals surface area contributed by atoms with Gasteiger partial charge in [0, 0.05) is 13.0 Å². The fraction of sp³-hybridized carbons (Fsp3) is 0.571. The Morgan fingerprint density at radius 2 is 2.21 bits per heavy atom. The number of hydrogen-bond acceptors (Lipinski definition) is 4. The molecule has 1 aromatic rings. The molecule has 1 amide bonds. The van der Waals surface area contributed by atoms with E-state index >= 15 is 0 Å². The van der Waals surface area contributed by atoms with E-state index in [9.17, 15) is 9.59 Å². The van der Waals surface area contributed by atoms with Crippen molar-refractivity contribution >= 4 is 11.9 Å². The number of piperidine rings is 1.